The van der Waals surface area contributed by atoms with Gasteiger partial charge in [-0.3, -0.25) is 0 Å². The Bertz CT molecular complexity index is 1140. The zero-order chi connectivity index (χ0) is 18.1. The maximum absolute atomic E-state index is 9.32. The minimum Gasteiger partial charge on any atom is -0.240 e. The molecule has 0 aliphatic carbocycles. The Morgan fingerprint density at radius 2 is 2.00 bits per heavy atom. The molecule has 0 spiro atoms. The molecule has 2 aromatic carbocycles. The lowest BCUT2D eigenvalue weighted by molar-refractivity contribution is 0.714. The largest absolute Gasteiger partial charge is 0.240 e. The van der Waals surface area contributed by atoms with Gasteiger partial charge in [0.2, 0.25) is 5.82 Å². The van der Waals surface area contributed by atoms with Crippen molar-refractivity contribution in [2.24, 2.45) is 0 Å². The monoisotopic (exact) mass is 361 g/mol. The number of halogens is 1. The predicted octanol–water partition coefficient (Wildman–Crippen LogP) is 3.35. The van der Waals surface area contributed by atoms with Crippen LogP contribution in [0.5, 0.6) is 0 Å². The smallest absolute Gasteiger partial charge is 0.208 e. The van der Waals surface area contributed by atoms with E-state index in [1.807, 2.05) is 37.3 Å². The third-order valence-corrected chi connectivity index (χ3v) is 4.12. The van der Waals surface area contributed by atoms with Crippen molar-refractivity contribution in [1.82, 2.24) is 30.0 Å². The molecule has 0 radical (unpaired) electrons. The van der Waals surface area contributed by atoms with Crippen LogP contribution in [0.3, 0.4) is 0 Å². The van der Waals surface area contributed by atoms with Crippen LogP contribution in [0.1, 0.15) is 11.1 Å². The first-order chi connectivity index (χ1) is 12.7. The van der Waals surface area contributed by atoms with Gasteiger partial charge in [-0.2, -0.15) is 10.4 Å². The molecule has 0 fully saturated rings. The molecule has 7 nitrogen and oxygen atoms in total. The third kappa shape index (κ3) is 2.83. The molecule has 126 valence electrons. The van der Waals surface area contributed by atoms with Crippen LogP contribution >= 0.6 is 11.6 Å². The zero-order valence-electron chi connectivity index (χ0n) is 13.7. The van der Waals surface area contributed by atoms with Crippen molar-refractivity contribution in [2.75, 3.05) is 0 Å². The van der Waals surface area contributed by atoms with E-state index in [2.05, 4.69) is 26.6 Å². The molecule has 0 aliphatic heterocycles. The molecule has 0 bridgehead atoms. The molecule has 0 amide bonds. The molecule has 2 heterocycles. The van der Waals surface area contributed by atoms with Crippen molar-refractivity contribution < 1.29 is 0 Å². The normalized spacial score (nSPS) is 10.7. The molecule has 2 aromatic heterocycles. The van der Waals surface area contributed by atoms with Crippen molar-refractivity contribution in [1.29, 1.82) is 5.26 Å². The molecule has 0 N–H and O–H groups in total. The molecule has 0 saturated heterocycles. The number of aryl methyl sites for hydroxylation is 1. The highest BCUT2D eigenvalue weighted by atomic mass is 35.5. The van der Waals surface area contributed by atoms with Crippen LogP contribution in [0.15, 0.2) is 54.9 Å². The van der Waals surface area contributed by atoms with Gasteiger partial charge in [-0.15, -0.1) is 15.0 Å². The van der Waals surface area contributed by atoms with E-state index in [-0.39, 0.29) is 0 Å². The fourth-order valence-electron chi connectivity index (χ4n) is 2.64. The Morgan fingerprint density at radius 1 is 1.15 bits per heavy atom. The quantitative estimate of drug-likeness (QED) is 0.558. The Kier molecular flexibility index (Phi) is 3.95. The number of hydrogen-bond donors (Lipinski definition) is 0. The van der Waals surface area contributed by atoms with Crippen molar-refractivity contribution in [3.63, 3.8) is 0 Å². The topological polar surface area (TPSA) is 85.2 Å². The fourth-order valence-corrected chi connectivity index (χ4v) is 2.82. The number of para-hydroxylation sites is 1. The van der Waals surface area contributed by atoms with Crippen LogP contribution in [0, 0.1) is 18.3 Å². The summed E-state index contributed by atoms with van der Waals surface area (Å²) in [5, 5.41) is 26.9. The summed E-state index contributed by atoms with van der Waals surface area (Å²) < 4.78 is 1.69. The first kappa shape index (κ1) is 16.0. The van der Waals surface area contributed by atoms with Crippen molar-refractivity contribution in [2.45, 2.75) is 6.92 Å². The van der Waals surface area contributed by atoms with Crippen LogP contribution in [-0.2, 0) is 0 Å². The summed E-state index contributed by atoms with van der Waals surface area (Å²) in [6, 6.07) is 15.0. The Hall–Kier alpha value is -3.50. The predicted molar refractivity (Wildman–Crippen MR) is 96.2 cm³/mol. The number of rotatable bonds is 3. The van der Waals surface area contributed by atoms with Gasteiger partial charge in [-0.25, -0.2) is 4.68 Å². The summed E-state index contributed by atoms with van der Waals surface area (Å²) in [5.41, 5.74) is 3.55. The molecule has 26 heavy (non-hydrogen) atoms. The summed E-state index contributed by atoms with van der Waals surface area (Å²) in [6.45, 7) is 1.90. The van der Waals surface area contributed by atoms with Gasteiger partial charge in [0.1, 0.15) is 11.8 Å². The molecule has 8 heteroatoms. The lowest BCUT2D eigenvalue weighted by Crippen LogP contribution is -2.04. The van der Waals surface area contributed by atoms with E-state index in [0.717, 1.165) is 11.3 Å². The lowest BCUT2D eigenvalue weighted by atomic mass is 10.1. The van der Waals surface area contributed by atoms with Gasteiger partial charge in [-0.05, 0) is 42.0 Å². The molecule has 0 unspecified atom stereocenters. The highest BCUT2D eigenvalue weighted by Crippen LogP contribution is 2.21. The Morgan fingerprint density at radius 3 is 2.81 bits per heavy atom. The van der Waals surface area contributed by atoms with Crippen LogP contribution in [0.2, 0.25) is 5.02 Å². The Balaban J connectivity index is 1.71. The van der Waals surface area contributed by atoms with E-state index in [4.69, 9.17) is 11.6 Å². The van der Waals surface area contributed by atoms with E-state index >= 15 is 0 Å². The fraction of sp³-hybridized carbons (Fsp3) is 0.0556. The second kappa shape index (κ2) is 6.43. The van der Waals surface area contributed by atoms with Gasteiger partial charge in [0, 0.05) is 11.2 Å². The van der Waals surface area contributed by atoms with Gasteiger partial charge in [0.05, 0.1) is 23.0 Å². The van der Waals surface area contributed by atoms with E-state index in [0.29, 0.717) is 27.7 Å². The van der Waals surface area contributed by atoms with Crippen LogP contribution in [-0.4, -0.2) is 30.0 Å². The minimum absolute atomic E-state index is 0.422. The summed E-state index contributed by atoms with van der Waals surface area (Å²) in [5.74, 6) is 0.422. The van der Waals surface area contributed by atoms with Crippen LogP contribution in [0.4, 0.5) is 0 Å². The first-order valence-corrected chi connectivity index (χ1v) is 8.14. The van der Waals surface area contributed by atoms with Crippen LogP contribution < -0.4 is 0 Å². The molecule has 0 aliphatic rings. The van der Waals surface area contributed by atoms with Crippen molar-refractivity contribution >= 4 is 11.6 Å². The maximum Gasteiger partial charge on any atom is 0.208 e. The average molecular weight is 362 g/mol. The number of tetrazole rings is 1. The maximum atomic E-state index is 9.32. The minimum atomic E-state index is 0.422. The zero-order valence-corrected chi connectivity index (χ0v) is 14.5. The van der Waals surface area contributed by atoms with E-state index < -0.39 is 0 Å². The third-order valence-electron chi connectivity index (χ3n) is 3.89. The number of benzene rings is 2. The first-order valence-electron chi connectivity index (χ1n) is 7.77. The summed E-state index contributed by atoms with van der Waals surface area (Å²) >= 11 is 6.03. The van der Waals surface area contributed by atoms with Gasteiger partial charge in [-0.1, -0.05) is 29.8 Å². The summed E-state index contributed by atoms with van der Waals surface area (Å²) in [7, 11) is 0. The molecular formula is C18H12ClN7. The highest BCUT2D eigenvalue weighted by molar-refractivity contribution is 6.30. The molecular weight excluding hydrogens is 350 g/mol. The molecule has 4 rings (SSSR count). The van der Waals surface area contributed by atoms with E-state index in [9.17, 15) is 5.26 Å². The molecule has 0 atom stereocenters. The van der Waals surface area contributed by atoms with Gasteiger partial charge >= 0.3 is 0 Å². The standard InChI is InChI=1S/C18H12ClN7/c1-12-4-2-5-13(9-20)17(12)26-23-18(22-24-26)14-10-21-25(11-14)16-7-3-6-15(19)8-16/h2-8,10-11H,1H3. The Labute approximate surface area is 154 Å². The van der Waals surface area contributed by atoms with Gasteiger partial charge in [0.15, 0.2) is 0 Å². The van der Waals surface area contributed by atoms with Crippen molar-refractivity contribution in [3.8, 4) is 28.8 Å². The van der Waals surface area contributed by atoms with Crippen LogP contribution in [0.25, 0.3) is 22.8 Å². The highest BCUT2D eigenvalue weighted by Gasteiger charge is 2.14. The second-order valence-electron chi connectivity index (χ2n) is 5.64. The van der Waals surface area contributed by atoms with E-state index in [1.165, 1.54) is 4.80 Å². The molecule has 0 saturated carbocycles. The molecule has 4 aromatic rings. The van der Waals surface area contributed by atoms with Crippen molar-refractivity contribution in [3.05, 3.63) is 71.0 Å². The number of aromatic nitrogens is 6. The second-order valence-corrected chi connectivity index (χ2v) is 6.08. The summed E-state index contributed by atoms with van der Waals surface area (Å²) in [6.07, 6.45) is 3.46. The van der Waals surface area contributed by atoms with E-state index in [1.54, 1.807) is 29.2 Å². The van der Waals surface area contributed by atoms with Gasteiger partial charge < -0.3 is 0 Å². The number of nitrogens with zero attached hydrogens (tertiary/aromatic N) is 7. The lowest BCUT2D eigenvalue weighted by Gasteiger charge is -2.04. The number of nitriles is 1. The number of hydrogen-bond acceptors (Lipinski definition) is 5. The summed E-state index contributed by atoms with van der Waals surface area (Å²) in [4.78, 5) is 1.37. The van der Waals surface area contributed by atoms with Gasteiger partial charge in [0.25, 0.3) is 0 Å². The average Bonchev–Trinajstić information content (AvgIpc) is 3.31. The SMILES string of the molecule is Cc1cccc(C#N)c1-n1nnc(-c2cnn(-c3cccc(Cl)c3)c2)n1.